The van der Waals surface area contributed by atoms with Crippen LogP contribution in [0, 0.1) is 6.92 Å². The van der Waals surface area contributed by atoms with E-state index >= 15 is 0 Å². The van der Waals surface area contributed by atoms with Gasteiger partial charge in [-0.05, 0) is 37.5 Å². The van der Waals surface area contributed by atoms with Crippen LogP contribution in [0.25, 0.3) is 11.4 Å². The lowest BCUT2D eigenvalue weighted by molar-refractivity contribution is -0.116. The van der Waals surface area contributed by atoms with Crippen molar-refractivity contribution in [1.82, 2.24) is 14.8 Å². The molecule has 5 nitrogen and oxygen atoms in total. The fourth-order valence-corrected chi connectivity index (χ4v) is 4.62. The third-order valence-corrected chi connectivity index (χ3v) is 6.07. The first-order valence-electron chi connectivity index (χ1n) is 9.53. The van der Waals surface area contributed by atoms with Crippen molar-refractivity contribution in [2.24, 2.45) is 0 Å². The Labute approximate surface area is 178 Å². The van der Waals surface area contributed by atoms with Crippen LogP contribution in [0.1, 0.15) is 36.4 Å². The summed E-state index contributed by atoms with van der Waals surface area (Å²) >= 11 is 12.7. The molecule has 2 aromatic carbocycles. The highest BCUT2D eigenvalue weighted by molar-refractivity contribution is 6.35. The summed E-state index contributed by atoms with van der Waals surface area (Å²) in [7, 11) is 0. The lowest BCUT2D eigenvalue weighted by atomic mass is 9.85. The zero-order valence-electron chi connectivity index (χ0n) is 15.7. The number of rotatable bonds is 2. The van der Waals surface area contributed by atoms with Gasteiger partial charge in [-0.15, -0.1) is 5.10 Å². The van der Waals surface area contributed by atoms with Crippen LogP contribution < -0.4 is 5.32 Å². The van der Waals surface area contributed by atoms with Gasteiger partial charge < -0.3 is 5.32 Å². The minimum Gasteiger partial charge on any atom is -0.328 e. The lowest BCUT2D eigenvalue weighted by Crippen LogP contribution is -2.31. The molecular formula is C22H18Cl2N4O. The van der Waals surface area contributed by atoms with Gasteiger partial charge in [-0.3, -0.25) is 4.79 Å². The van der Waals surface area contributed by atoms with Crippen molar-refractivity contribution < 1.29 is 4.79 Å². The van der Waals surface area contributed by atoms with Crippen LogP contribution in [-0.4, -0.2) is 20.5 Å². The summed E-state index contributed by atoms with van der Waals surface area (Å²) in [5.41, 5.74) is 4.47. The number of nitrogens with one attached hydrogen (secondary N) is 1. The Hall–Kier alpha value is -2.63. The zero-order valence-corrected chi connectivity index (χ0v) is 17.3. The molecule has 1 aromatic heterocycles. The zero-order chi connectivity index (χ0) is 20.1. The maximum absolute atomic E-state index is 12.9. The van der Waals surface area contributed by atoms with Gasteiger partial charge in [0.15, 0.2) is 11.6 Å². The summed E-state index contributed by atoms with van der Waals surface area (Å²) in [6.45, 7) is 2.03. The Morgan fingerprint density at radius 2 is 1.97 bits per heavy atom. The highest BCUT2D eigenvalue weighted by atomic mass is 35.5. The molecule has 0 fully saturated rings. The molecular weight excluding hydrogens is 407 g/mol. The van der Waals surface area contributed by atoms with E-state index in [0.717, 1.165) is 35.2 Å². The molecule has 1 unspecified atom stereocenters. The summed E-state index contributed by atoms with van der Waals surface area (Å²) in [4.78, 5) is 17.6. The van der Waals surface area contributed by atoms with Gasteiger partial charge in [0.05, 0.1) is 0 Å². The molecule has 1 N–H and O–H groups in total. The van der Waals surface area contributed by atoms with Crippen LogP contribution in [0.4, 0.5) is 5.95 Å². The van der Waals surface area contributed by atoms with Gasteiger partial charge in [-0.2, -0.15) is 4.98 Å². The predicted molar refractivity (Wildman–Crippen MR) is 114 cm³/mol. The van der Waals surface area contributed by atoms with Crippen molar-refractivity contribution in [3.63, 3.8) is 0 Å². The number of halogens is 2. The van der Waals surface area contributed by atoms with E-state index in [1.54, 1.807) is 16.8 Å². The summed E-state index contributed by atoms with van der Waals surface area (Å²) in [5, 5.41) is 9.20. The fraction of sp³-hybridized carbons (Fsp3) is 0.227. The molecule has 1 atom stereocenters. The quantitative estimate of drug-likeness (QED) is 0.582. The van der Waals surface area contributed by atoms with Crippen molar-refractivity contribution in [2.45, 2.75) is 32.2 Å². The van der Waals surface area contributed by atoms with Crippen molar-refractivity contribution in [1.29, 1.82) is 0 Å². The number of fused-ring (bicyclic) bond motifs is 1. The van der Waals surface area contributed by atoms with Crippen molar-refractivity contribution in [2.75, 3.05) is 5.32 Å². The van der Waals surface area contributed by atoms with Crippen molar-refractivity contribution in [3.05, 3.63) is 74.9 Å². The molecule has 0 bridgehead atoms. The number of carbonyl (C=O) groups is 1. The van der Waals surface area contributed by atoms with E-state index < -0.39 is 6.04 Å². The van der Waals surface area contributed by atoms with E-state index in [1.165, 1.54) is 0 Å². The molecule has 1 aliphatic heterocycles. The maximum Gasteiger partial charge on any atom is 0.226 e. The Bertz CT molecular complexity index is 1180. The number of hydrogen-bond donors (Lipinski definition) is 1. The van der Waals surface area contributed by atoms with E-state index in [9.17, 15) is 4.79 Å². The molecule has 5 rings (SSSR count). The number of aryl methyl sites for hydroxylation is 1. The summed E-state index contributed by atoms with van der Waals surface area (Å²) in [5.74, 6) is 1.36. The molecule has 0 saturated carbocycles. The van der Waals surface area contributed by atoms with Gasteiger partial charge in [0.2, 0.25) is 5.95 Å². The van der Waals surface area contributed by atoms with Crippen LogP contribution in [0.3, 0.4) is 0 Å². The Morgan fingerprint density at radius 1 is 1.14 bits per heavy atom. The van der Waals surface area contributed by atoms with Crippen LogP contribution in [-0.2, 0) is 4.79 Å². The number of allylic oxidation sites excluding steroid dienone is 2. The molecule has 0 spiro atoms. The van der Waals surface area contributed by atoms with Crippen LogP contribution in [0.15, 0.2) is 53.7 Å². The standard InChI is InChI=1S/C22H18Cl2N4O/c1-12-5-2-3-6-14(12)21-26-22-25-17-7-4-8-18(29)19(17)20(28(22)27-21)15-10-9-13(23)11-16(15)24/h2-3,5-6,9-11,20H,4,7-8H2,1H3,(H,25,26,27). The fourth-order valence-electron chi connectivity index (χ4n) is 4.10. The highest BCUT2D eigenvalue weighted by Crippen LogP contribution is 2.43. The first-order chi connectivity index (χ1) is 14.0. The monoisotopic (exact) mass is 424 g/mol. The Balaban J connectivity index is 1.72. The number of benzene rings is 2. The number of anilines is 1. The van der Waals surface area contributed by atoms with Crippen LogP contribution >= 0.6 is 23.2 Å². The molecule has 0 amide bonds. The second kappa shape index (κ2) is 7.01. The van der Waals surface area contributed by atoms with Crippen LogP contribution in [0.2, 0.25) is 10.0 Å². The lowest BCUT2D eigenvalue weighted by Gasteiger charge is -2.32. The van der Waals surface area contributed by atoms with E-state index in [0.29, 0.717) is 33.8 Å². The average molecular weight is 425 g/mol. The van der Waals surface area contributed by atoms with Gasteiger partial charge in [-0.25, -0.2) is 4.68 Å². The van der Waals surface area contributed by atoms with Gasteiger partial charge in [0.1, 0.15) is 6.04 Å². The van der Waals surface area contributed by atoms with E-state index in [4.69, 9.17) is 33.3 Å². The number of carbonyl (C=O) groups excluding carboxylic acids is 1. The second-order valence-corrected chi connectivity index (χ2v) is 8.22. The first-order valence-corrected chi connectivity index (χ1v) is 10.3. The number of Topliss-reactive ketones (excluding diaryl/α,β-unsaturated/α-hetero) is 1. The topological polar surface area (TPSA) is 59.8 Å². The summed E-state index contributed by atoms with van der Waals surface area (Å²) < 4.78 is 1.78. The molecule has 146 valence electrons. The molecule has 2 aliphatic rings. The maximum atomic E-state index is 12.9. The van der Waals surface area contributed by atoms with E-state index in [2.05, 4.69) is 5.32 Å². The third-order valence-electron chi connectivity index (χ3n) is 5.51. The van der Waals surface area contributed by atoms with Gasteiger partial charge in [-0.1, -0.05) is 53.5 Å². The Morgan fingerprint density at radius 3 is 2.76 bits per heavy atom. The first kappa shape index (κ1) is 18.4. The van der Waals surface area contributed by atoms with Gasteiger partial charge >= 0.3 is 0 Å². The van der Waals surface area contributed by atoms with E-state index in [-0.39, 0.29) is 5.78 Å². The summed E-state index contributed by atoms with van der Waals surface area (Å²) in [6.07, 6.45) is 2.15. The molecule has 3 aromatic rings. The largest absolute Gasteiger partial charge is 0.328 e. The molecule has 1 aliphatic carbocycles. The van der Waals surface area contributed by atoms with Crippen molar-refractivity contribution in [3.8, 4) is 11.4 Å². The number of hydrogen-bond acceptors (Lipinski definition) is 4. The van der Waals surface area contributed by atoms with Crippen molar-refractivity contribution >= 4 is 34.9 Å². The Kier molecular flexibility index (Phi) is 4.45. The number of aromatic nitrogens is 3. The normalized spacial score (nSPS) is 18.3. The smallest absolute Gasteiger partial charge is 0.226 e. The van der Waals surface area contributed by atoms with Crippen LogP contribution in [0.5, 0.6) is 0 Å². The van der Waals surface area contributed by atoms with Gasteiger partial charge in [0.25, 0.3) is 0 Å². The number of ketones is 1. The van der Waals surface area contributed by atoms with Gasteiger partial charge in [0, 0.05) is 38.9 Å². The molecule has 7 heteroatoms. The second-order valence-electron chi connectivity index (χ2n) is 7.38. The molecule has 0 saturated heterocycles. The predicted octanol–water partition coefficient (Wildman–Crippen LogP) is 5.58. The molecule has 0 radical (unpaired) electrons. The number of nitrogens with zero attached hydrogens (tertiary/aromatic N) is 3. The highest BCUT2D eigenvalue weighted by Gasteiger charge is 2.37. The summed E-state index contributed by atoms with van der Waals surface area (Å²) in [6, 6.07) is 12.9. The molecule has 29 heavy (non-hydrogen) atoms. The average Bonchev–Trinajstić information content (AvgIpc) is 3.11. The third kappa shape index (κ3) is 3.05. The minimum atomic E-state index is -0.427. The molecule has 2 heterocycles. The van der Waals surface area contributed by atoms with E-state index in [1.807, 2.05) is 37.3 Å². The minimum absolute atomic E-state index is 0.119. The SMILES string of the molecule is Cc1ccccc1-c1nc2n(n1)C(c1ccc(Cl)cc1Cl)C1=C(CCCC1=O)N2.